The Morgan fingerprint density at radius 1 is 1.08 bits per heavy atom. The molecular weight excluding hydrogens is 563 g/mol. The molecule has 3 atom stereocenters. The number of halogens is 6. The Morgan fingerprint density at radius 2 is 1.72 bits per heavy atom. The summed E-state index contributed by atoms with van der Waals surface area (Å²) in [5.74, 6) is -1.19. The Labute approximate surface area is 233 Å². The molecule has 2 amide bonds. The van der Waals surface area contributed by atoms with Gasteiger partial charge in [0.1, 0.15) is 28.4 Å². The zero-order chi connectivity index (χ0) is 28.7. The number of hydrogen-bond donors (Lipinski definition) is 2. The first kappa shape index (κ1) is 29.2. The maximum atomic E-state index is 13.6. The van der Waals surface area contributed by atoms with E-state index in [0.717, 1.165) is 25.8 Å². The van der Waals surface area contributed by atoms with Gasteiger partial charge in [-0.2, -0.15) is 13.2 Å². The molecule has 0 radical (unpaired) electrons. The summed E-state index contributed by atoms with van der Waals surface area (Å²) in [7, 11) is 0. The van der Waals surface area contributed by atoms with Crippen molar-refractivity contribution in [3.05, 3.63) is 51.9 Å². The van der Waals surface area contributed by atoms with Crippen LogP contribution >= 0.6 is 23.2 Å². The molecule has 2 aromatic rings. The van der Waals surface area contributed by atoms with Crippen LogP contribution < -0.4 is 20.3 Å². The van der Waals surface area contributed by atoms with Gasteiger partial charge in [0.2, 0.25) is 0 Å². The van der Waals surface area contributed by atoms with Crippen LogP contribution in [0.4, 0.5) is 23.4 Å². The molecule has 2 fully saturated rings. The van der Waals surface area contributed by atoms with Gasteiger partial charge in [0.25, 0.3) is 11.8 Å². The summed E-state index contributed by atoms with van der Waals surface area (Å²) in [6.45, 7) is 4.04. The van der Waals surface area contributed by atoms with E-state index in [2.05, 4.69) is 15.2 Å². The Balaban J connectivity index is 1.37. The number of piperidine rings is 1. The highest BCUT2D eigenvalue weighted by Crippen LogP contribution is 2.39. The van der Waals surface area contributed by atoms with Gasteiger partial charge in [-0.15, -0.1) is 0 Å². The lowest BCUT2D eigenvalue weighted by atomic mass is 9.96. The molecule has 4 rings (SSSR count). The van der Waals surface area contributed by atoms with Crippen LogP contribution in [0.3, 0.4) is 0 Å². The number of nitrogens with zero attached hydrogens (tertiary/aromatic N) is 2. The highest BCUT2D eigenvalue weighted by atomic mass is 35.5. The molecule has 0 saturated carbocycles. The lowest BCUT2D eigenvalue weighted by Gasteiger charge is -2.40. The minimum atomic E-state index is -4.54. The van der Waals surface area contributed by atoms with Crippen LogP contribution in [-0.4, -0.2) is 52.7 Å². The Morgan fingerprint density at radius 3 is 2.28 bits per heavy atom. The largest absolute Gasteiger partial charge is 0.476 e. The third kappa shape index (κ3) is 6.35. The first-order chi connectivity index (χ1) is 18.2. The Bertz CT molecular complexity index is 1230. The first-order valence-corrected chi connectivity index (χ1v) is 13.2. The number of anilines is 1. The summed E-state index contributed by atoms with van der Waals surface area (Å²) in [6, 6.07) is 3.58. The van der Waals surface area contributed by atoms with Crippen LogP contribution in [0.2, 0.25) is 10.0 Å². The highest BCUT2D eigenvalue weighted by molar-refractivity contribution is 6.43. The number of fused-ring (bicyclic) bond motifs is 2. The molecule has 0 spiro atoms. The fourth-order valence-corrected chi connectivity index (χ4v) is 5.32. The Kier molecular flexibility index (Phi) is 8.23. The van der Waals surface area contributed by atoms with Crippen molar-refractivity contribution in [2.75, 3.05) is 4.90 Å². The van der Waals surface area contributed by atoms with E-state index >= 15 is 0 Å². The predicted molar refractivity (Wildman–Crippen MR) is 139 cm³/mol. The lowest BCUT2D eigenvalue weighted by molar-refractivity contribution is -0.149. The molecule has 212 valence electrons. The normalized spacial score (nSPS) is 21.9. The summed E-state index contributed by atoms with van der Waals surface area (Å²) < 4.78 is 57.7. The number of ether oxygens (including phenoxy) is 1. The fourth-order valence-electron chi connectivity index (χ4n) is 4.97. The summed E-state index contributed by atoms with van der Waals surface area (Å²) in [5, 5.41) is 4.57. The van der Waals surface area contributed by atoms with Crippen molar-refractivity contribution in [2.24, 2.45) is 0 Å². The van der Waals surface area contributed by atoms with E-state index < -0.39 is 29.5 Å². The van der Waals surface area contributed by atoms with Gasteiger partial charge in [-0.1, -0.05) is 23.2 Å². The van der Waals surface area contributed by atoms with Crippen molar-refractivity contribution >= 4 is 40.8 Å². The molecule has 2 bridgehead atoms. The number of hydrogen-bond acceptors (Lipinski definition) is 5. The second-order valence-corrected chi connectivity index (χ2v) is 11.1. The quantitative estimate of drug-likeness (QED) is 0.320. The number of alkyl halides is 3. The molecule has 1 aromatic heterocycles. The SMILES string of the molecule is C[C@H](NC(=O)c1ccc(N2C3CCC2CC(NC(=O)C(C)(C)Oc2ccc(F)c(Cl)c2Cl)C3)nc1)C(F)(F)F. The number of carbonyl (C=O) groups excluding carboxylic acids is 2. The van der Waals surface area contributed by atoms with Gasteiger partial charge in [-0.05, 0) is 70.7 Å². The average Bonchev–Trinajstić information content (AvgIpc) is 3.13. The van der Waals surface area contributed by atoms with E-state index in [0.29, 0.717) is 18.7 Å². The molecule has 2 unspecified atom stereocenters. The minimum Gasteiger partial charge on any atom is -0.476 e. The smallest absolute Gasteiger partial charge is 0.408 e. The van der Waals surface area contributed by atoms with E-state index in [4.69, 9.17) is 27.9 Å². The van der Waals surface area contributed by atoms with E-state index in [-0.39, 0.29) is 45.4 Å². The van der Waals surface area contributed by atoms with Crippen molar-refractivity contribution in [2.45, 2.75) is 82.4 Å². The number of nitrogens with one attached hydrogen (secondary N) is 2. The summed E-state index contributed by atoms with van der Waals surface area (Å²) in [4.78, 5) is 31.8. The summed E-state index contributed by atoms with van der Waals surface area (Å²) in [5.41, 5.74) is -1.28. The van der Waals surface area contributed by atoms with Crippen molar-refractivity contribution in [3.8, 4) is 5.75 Å². The van der Waals surface area contributed by atoms with Crippen molar-refractivity contribution in [1.29, 1.82) is 0 Å². The molecule has 7 nitrogen and oxygen atoms in total. The number of carbonyl (C=O) groups is 2. The first-order valence-electron chi connectivity index (χ1n) is 12.4. The van der Waals surface area contributed by atoms with Crippen molar-refractivity contribution < 1.29 is 31.9 Å². The van der Waals surface area contributed by atoms with Gasteiger partial charge in [0.15, 0.2) is 5.60 Å². The molecule has 2 aliphatic rings. The molecule has 2 saturated heterocycles. The highest BCUT2D eigenvalue weighted by Gasteiger charge is 2.43. The van der Waals surface area contributed by atoms with Gasteiger partial charge in [0.05, 0.1) is 10.6 Å². The zero-order valence-corrected chi connectivity index (χ0v) is 22.9. The minimum absolute atomic E-state index is 0.0362. The number of aromatic nitrogens is 1. The lowest BCUT2D eigenvalue weighted by Crippen LogP contribution is -2.55. The van der Waals surface area contributed by atoms with E-state index in [1.807, 2.05) is 5.32 Å². The van der Waals surface area contributed by atoms with Crippen LogP contribution in [0, 0.1) is 5.82 Å². The number of pyridine rings is 1. The zero-order valence-electron chi connectivity index (χ0n) is 21.4. The summed E-state index contributed by atoms with van der Waals surface area (Å²) >= 11 is 11.9. The van der Waals surface area contributed by atoms with E-state index in [1.54, 1.807) is 19.9 Å². The van der Waals surface area contributed by atoms with Crippen LogP contribution in [0.25, 0.3) is 0 Å². The average molecular weight is 591 g/mol. The third-order valence-electron chi connectivity index (χ3n) is 7.09. The van der Waals surface area contributed by atoms with Gasteiger partial charge in [-0.25, -0.2) is 9.37 Å². The number of benzene rings is 1. The second kappa shape index (κ2) is 11.0. The molecule has 2 N–H and O–H groups in total. The standard InChI is InChI=1S/C26H28Cl2F4N4O3/c1-13(26(30,31)32)34-23(37)14-4-9-20(33-12-14)36-16-5-6-17(36)11-15(10-16)35-24(38)25(2,3)39-19-8-7-18(29)21(27)22(19)28/h4,7-9,12-13,15-17H,5-6,10-11H2,1-3H3,(H,34,37)(H,35,38)/t13-,15?,16?,17?/m0/s1. The van der Waals surface area contributed by atoms with Crippen molar-refractivity contribution in [3.63, 3.8) is 0 Å². The molecule has 3 heterocycles. The monoisotopic (exact) mass is 590 g/mol. The molecule has 0 aliphatic carbocycles. The maximum Gasteiger partial charge on any atom is 0.408 e. The molecule has 39 heavy (non-hydrogen) atoms. The molecule has 13 heteroatoms. The maximum absolute atomic E-state index is 13.6. The van der Waals surface area contributed by atoms with Crippen LogP contribution in [0.15, 0.2) is 30.5 Å². The van der Waals surface area contributed by atoms with Gasteiger partial charge < -0.3 is 20.3 Å². The third-order valence-corrected chi connectivity index (χ3v) is 7.93. The molecular formula is C26H28Cl2F4N4O3. The van der Waals surface area contributed by atoms with Crippen molar-refractivity contribution in [1.82, 2.24) is 15.6 Å². The van der Waals surface area contributed by atoms with Gasteiger partial charge >= 0.3 is 6.18 Å². The Hall–Kier alpha value is -2.79. The van der Waals surface area contributed by atoms with Crippen LogP contribution in [0.1, 0.15) is 56.8 Å². The van der Waals surface area contributed by atoms with Gasteiger partial charge in [0, 0.05) is 24.3 Å². The predicted octanol–water partition coefficient (Wildman–Crippen LogP) is 5.68. The van der Waals surface area contributed by atoms with Crippen LogP contribution in [-0.2, 0) is 4.79 Å². The van der Waals surface area contributed by atoms with E-state index in [9.17, 15) is 27.2 Å². The van der Waals surface area contributed by atoms with Gasteiger partial charge in [-0.3, -0.25) is 9.59 Å². The topological polar surface area (TPSA) is 83.6 Å². The summed E-state index contributed by atoms with van der Waals surface area (Å²) in [6.07, 6.45) is -0.205. The second-order valence-electron chi connectivity index (χ2n) is 10.4. The number of rotatable bonds is 7. The molecule has 1 aromatic carbocycles. The fraction of sp³-hybridized carbons (Fsp3) is 0.500. The molecule has 2 aliphatic heterocycles. The van der Waals surface area contributed by atoms with E-state index in [1.165, 1.54) is 18.3 Å². The van der Waals surface area contributed by atoms with Crippen LogP contribution in [0.5, 0.6) is 5.75 Å². The number of amides is 2.